The first kappa shape index (κ1) is 17.0. The number of aromatic nitrogens is 2. The summed E-state index contributed by atoms with van der Waals surface area (Å²) in [5, 5.41) is 12.1. The number of rotatable bonds is 5. The number of hydrogen-bond acceptors (Lipinski definition) is 5. The van der Waals surface area contributed by atoms with Gasteiger partial charge in [-0.15, -0.1) is 11.3 Å². The number of carboxylic acid groups (broad SMARTS) is 1. The van der Waals surface area contributed by atoms with Gasteiger partial charge in [-0.2, -0.15) is 0 Å². The number of hydrogen-bond donors (Lipinski definition) is 1. The molecule has 0 saturated carbocycles. The molecule has 134 valence electrons. The van der Waals surface area contributed by atoms with Gasteiger partial charge >= 0.3 is 5.97 Å². The molecule has 1 N–H and O–H groups in total. The van der Waals surface area contributed by atoms with Gasteiger partial charge in [-0.1, -0.05) is 18.2 Å². The maximum absolute atomic E-state index is 10.9. The van der Waals surface area contributed by atoms with Crippen molar-refractivity contribution in [1.29, 1.82) is 0 Å². The van der Waals surface area contributed by atoms with Crippen LogP contribution in [-0.2, 0) is 17.6 Å². The van der Waals surface area contributed by atoms with E-state index >= 15 is 0 Å². The number of fused-ring (bicyclic) bond motifs is 2. The summed E-state index contributed by atoms with van der Waals surface area (Å²) in [5.74, 6) is -0.00685. The van der Waals surface area contributed by atoms with E-state index in [1.165, 1.54) is 36.0 Å². The molecule has 0 spiro atoms. The highest BCUT2D eigenvalue weighted by Gasteiger charge is 2.18. The second-order valence-electron chi connectivity index (χ2n) is 6.78. The Morgan fingerprint density at radius 1 is 1.23 bits per heavy atom. The number of nitrogens with zero attached hydrogens (tertiary/aromatic N) is 3. The SMILES string of the molecule is CN(CCC(=O)O)c1ncnc2scc(-c3ccc4c(c3)CCCC4)c12. The lowest BCUT2D eigenvalue weighted by atomic mass is 9.89. The third-order valence-electron chi connectivity index (χ3n) is 5.03. The van der Waals surface area contributed by atoms with E-state index in [0.29, 0.717) is 6.54 Å². The van der Waals surface area contributed by atoms with Crippen molar-refractivity contribution < 1.29 is 9.90 Å². The van der Waals surface area contributed by atoms with E-state index in [4.69, 9.17) is 5.11 Å². The predicted molar refractivity (Wildman–Crippen MR) is 105 cm³/mol. The van der Waals surface area contributed by atoms with Crippen molar-refractivity contribution in [1.82, 2.24) is 9.97 Å². The van der Waals surface area contributed by atoms with Crippen molar-refractivity contribution >= 4 is 33.3 Å². The largest absolute Gasteiger partial charge is 0.481 e. The van der Waals surface area contributed by atoms with Crippen LogP contribution in [0.5, 0.6) is 0 Å². The molecule has 0 fully saturated rings. The van der Waals surface area contributed by atoms with Gasteiger partial charge in [0.05, 0.1) is 11.8 Å². The molecule has 0 radical (unpaired) electrons. The average Bonchev–Trinajstić information content (AvgIpc) is 3.10. The highest BCUT2D eigenvalue weighted by molar-refractivity contribution is 7.17. The molecule has 1 aliphatic rings. The number of anilines is 1. The summed E-state index contributed by atoms with van der Waals surface area (Å²) < 4.78 is 0. The van der Waals surface area contributed by atoms with Crippen molar-refractivity contribution in [2.45, 2.75) is 32.1 Å². The summed E-state index contributed by atoms with van der Waals surface area (Å²) in [6.07, 6.45) is 6.50. The average molecular weight is 367 g/mol. The van der Waals surface area contributed by atoms with Gasteiger partial charge in [-0.25, -0.2) is 9.97 Å². The van der Waals surface area contributed by atoms with Gasteiger partial charge in [-0.05, 0) is 42.4 Å². The highest BCUT2D eigenvalue weighted by atomic mass is 32.1. The molecule has 1 aromatic carbocycles. The van der Waals surface area contributed by atoms with Crippen LogP contribution in [-0.4, -0.2) is 34.6 Å². The predicted octanol–water partition coefficient (Wildman–Crippen LogP) is 4.15. The number of thiophene rings is 1. The molecule has 2 heterocycles. The molecule has 5 nitrogen and oxygen atoms in total. The van der Waals surface area contributed by atoms with Gasteiger partial charge < -0.3 is 10.0 Å². The molecule has 0 bridgehead atoms. The molecule has 26 heavy (non-hydrogen) atoms. The minimum atomic E-state index is -0.803. The molecule has 0 atom stereocenters. The first-order valence-electron chi connectivity index (χ1n) is 8.91. The number of carbonyl (C=O) groups is 1. The third kappa shape index (κ3) is 3.17. The Kier molecular flexibility index (Phi) is 4.59. The molecule has 4 rings (SSSR count). The molecule has 1 aliphatic carbocycles. The molecule has 6 heteroatoms. The second kappa shape index (κ2) is 7.03. The number of carboxylic acids is 1. The van der Waals surface area contributed by atoms with Crippen LogP contribution in [0.4, 0.5) is 5.82 Å². The van der Waals surface area contributed by atoms with E-state index in [1.807, 2.05) is 11.9 Å². The fraction of sp³-hybridized carbons (Fsp3) is 0.350. The molecular formula is C20H21N3O2S. The molecule has 0 unspecified atom stereocenters. The zero-order valence-corrected chi connectivity index (χ0v) is 15.6. The van der Waals surface area contributed by atoms with Gasteiger partial charge in [0.2, 0.25) is 0 Å². The molecule has 2 aromatic heterocycles. The minimum Gasteiger partial charge on any atom is -0.481 e. The number of benzene rings is 1. The summed E-state index contributed by atoms with van der Waals surface area (Å²) in [6.45, 7) is 0.418. The lowest BCUT2D eigenvalue weighted by Crippen LogP contribution is -2.22. The van der Waals surface area contributed by atoms with E-state index in [9.17, 15) is 4.79 Å². The maximum Gasteiger partial charge on any atom is 0.305 e. The highest BCUT2D eigenvalue weighted by Crippen LogP contribution is 2.38. The third-order valence-corrected chi connectivity index (χ3v) is 5.92. The minimum absolute atomic E-state index is 0.0836. The van der Waals surface area contributed by atoms with Crippen LogP contribution in [0.3, 0.4) is 0 Å². The Morgan fingerprint density at radius 2 is 2.04 bits per heavy atom. The lowest BCUT2D eigenvalue weighted by Gasteiger charge is -2.19. The topological polar surface area (TPSA) is 66.3 Å². The molecule has 0 amide bonds. The summed E-state index contributed by atoms with van der Waals surface area (Å²) >= 11 is 1.61. The van der Waals surface area contributed by atoms with Crippen molar-refractivity contribution in [2.75, 3.05) is 18.5 Å². The van der Waals surface area contributed by atoms with E-state index in [0.717, 1.165) is 28.0 Å². The van der Waals surface area contributed by atoms with Crippen molar-refractivity contribution in [3.8, 4) is 11.1 Å². The van der Waals surface area contributed by atoms with Crippen molar-refractivity contribution in [2.24, 2.45) is 0 Å². The first-order valence-corrected chi connectivity index (χ1v) is 9.79. The van der Waals surface area contributed by atoms with Crippen LogP contribution in [0, 0.1) is 0 Å². The Bertz CT molecular complexity index is 967. The number of aryl methyl sites for hydroxylation is 2. The van der Waals surface area contributed by atoms with Gasteiger partial charge in [0.25, 0.3) is 0 Å². The molecular weight excluding hydrogens is 346 g/mol. The molecule has 0 saturated heterocycles. The lowest BCUT2D eigenvalue weighted by molar-refractivity contribution is -0.136. The second-order valence-corrected chi connectivity index (χ2v) is 7.64. The van der Waals surface area contributed by atoms with E-state index in [-0.39, 0.29) is 6.42 Å². The maximum atomic E-state index is 10.9. The fourth-order valence-electron chi connectivity index (χ4n) is 3.63. The van der Waals surface area contributed by atoms with Crippen LogP contribution in [0.2, 0.25) is 0 Å². The zero-order chi connectivity index (χ0) is 18.1. The number of aliphatic carboxylic acids is 1. The van der Waals surface area contributed by atoms with Crippen molar-refractivity contribution in [3.63, 3.8) is 0 Å². The van der Waals surface area contributed by atoms with Gasteiger partial charge in [0, 0.05) is 24.5 Å². The quantitative estimate of drug-likeness (QED) is 0.734. The summed E-state index contributed by atoms with van der Waals surface area (Å²) in [7, 11) is 1.89. The van der Waals surface area contributed by atoms with Crippen LogP contribution < -0.4 is 4.90 Å². The fourth-order valence-corrected chi connectivity index (χ4v) is 4.54. The van der Waals surface area contributed by atoms with Gasteiger partial charge in [-0.3, -0.25) is 4.79 Å². The Labute approximate surface area is 156 Å². The van der Waals surface area contributed by atoms with Crippen molar-refractivity contribution in [3.05, 3.63) is 41.0 Å². The smallest absolute Gasteiger partial charge is 0.305 e. The molecule has 3 aromatic rings. The van der Waals surface area contributed by atoms with Crippen LogP contribution in [0.25, 0.3) is 21.3 Å². The summed E-state index contributed by atoms with van der Waals surface area (Å²) in [4.78, 5) is 22.6. The van der Waals surface area contributed by atoms with E-state index < -0.39 is 5.97 Å². The molecule has 0 aliphatic heterocycles. The van der Waals surface area contributed by atoms with E-state index in [2.05, 4.69) is 33.5 Å². The summed E-state index contributed by atoms with van der Waals surface area (Å²) in [6, 6.07) is 6.76. The van der Waals surface area contributed by atoms with Gasteiger partial charge in [0.1, 0.15) is 17.0 Å². The van der Waals surface area contributed by atoms with Gasteiger partial charge in [0.15, 0.2) is 0 Å². The van der Waals surface area contributed by atoms with E-state index in [1.54, 1.807) is 17.7 Å². The standard InChI is InChI=1S/C20H21N3O2S/c1-23(9-8-17(24)25)19-18-16(11-26-20(18)22-12-21-19)15-7-6-13-4-2-3-5-14(13)10-15/h6-7,10-12H,2-5,8-9H2,1H3,(H,24,25). The zero-order valence-electron chi connectivity index (χ0n) is 14.7. The summed E-state index contributed by atoms with van der Waals surface area (Å²) in [5.41, 5.74) is 5.25. The monoisotopic (exact) mass is 367 g/mol. The first-order chi connectivity index (χ1) is 12.6. The van der Waals surface area contributed by atoms with Crippen LogP contribution >= 0.6 is 11.3 Å². The normalized spacial score (nSPS) is 13.6. The van der Waals surface area contributed by atoms with Crippen LogP contribution in [0.1, 0.15) is 30.4 Å². The van der Waals surface area contributed by atoms with Crippen LogP contribution in [0.15, 0.2) is 29.9 Å². The Balaban J connectivity index is 1.77. The Hall–Kier alpha value is -2.47. The Morgan fingerprint density at radius 3 is 2.85 bits per heavy atom.